The topological polar surface area (TPSA) is 36.0 Å². The van der Waals surface area contributed by atoms with Crippen LogP contribution in [-0.4, -0.2) is 79.6 Å². The van der Waals surface area contributed by atoms with Crippen LogP contribution in [0.2, 0.25) is 0 Å². The molecular formula is C21H31N3O2. The van der Waals surface area contributed by atoms with Crippen LogP contribution < -0.4 is 0 Å². The smallest absolute Gasteiger partial charge is 0.219 e. The van der Waals surface area contributed by atoms with Crippen LogP contribution in [-0.2, 0) is 16.1 Å². The summed E-state index contributed by atoms with van der Waals surface area (Å²) in [5.74, 6) is 2.70. The zero-order valence-electron chi connectivity index (χ0n) is 15.8. The number of fused-ring (bicyclic) bond motifs is 1. The van der Waals surface area contributed by atoms with Crippen LogP contribution in [0.4, 0.5) is 0 Å². The average Bonchev–Trinajstić information content (AvgIpc) is 3.10. The van der Waals surface area contributed by atoms with Crippen LogP contribution in [0, 0.1) is 17.8 Å². The van der Waals surface area contributed by atoms with E-state index in [0.29, 0.717) is 0 Å². The quantitative estimate of drug-likeness (QED) is 0.694. The van der Waals surface area contributed by atoms with E-state index in [1.165, 1.54) is 18.7 Å². The molecule has 5 heteroatoms. The summed E-state index contributed by atoms with van der Waals surface area (Å²) >= 11 is 0. The summed E-state index contributed by atoms with van der Waals surface area (Å²) in [6.07, 6.45) is 0. The van der Waals surface area contributed by atoms with Crippen LogP contribution in [0.5, 0.6) is 0 Å². The Hall–Kier alpha value is -1.43. The SMILES string of the molecule is CC(=O)N1CCN(CCOCC2C3CN(Cc4ccccc4)CC23)CC1. The molecule has 0 radical (unpaired) electrons. The molecule has 1 aliphatic carbocycles. The summed E-state index contributed by atoms with van der Waals surface area (Å²) in [5, 5.41) is 0. The second kappa shape index (κ2) is 8.07. The molecule has 0 N–H and O–H groups in total. The normalized spacial score (nSPS) is 29.0. The van der Waals surface area contributed by atoms with E-state index in [1.807, 2.05) is 4.90 Å². The molecule has 1 amide bonds. The Labute approximate surface area is 156 Å². The molecule has 26 heavy (non-hydrogen) atoms. The first kappa shape index (κ1) is 18.0. The molecule has 2 aliphatic heterocycles. The van der Waals surface area contributed by atoms with Gasteiger partial charge >= 0.3 is 0 Å². The fourth-order valence-electron chi connectivity index (χ4n) is 4.65. The van der Waals surface area contributed by atoms with E-state index in [-0.39, 0.29) is 5.91 Å². The predicted molar refractivity (Wildman–Crippen MR) is 102 cm³/mol. The van der Waals surface area contributed by atoms with Gasteiger partial charge in [0.05, 0.1) is 13.2 Å². The van der Waals surface area contributed by atoms with Crippen LogP contribution in [0.15, 0.2) is 30.3 Å². The number of piperidine rings is 1. The molecule has 1 saturated carbocycles. The average molecular weight is 357 g/mol. The van der Waals surface area contributed by atoms with Crippen molar-refractivity contribution in [2.45, 2.75) is 13.5 Å². The first-order valence-corrected chi connectivity index (χ1v) is 10.0. The molecule has 2 heterocycles. The fourth-order valence-corrected chi connectivity index (χ4v) is 4.65. The standard InChI is InChI=1S/C21H31N3O2/c1-17(25)24-9-7-22(8-10-24)11-12-26-16-21-19-14-23(15-20(19)21)13-18-5-3-2-4-6-18/h2-6,19-21H,7-16H2,1H3. The molecule has 3 aliphatic rings. The van der Waals surface area contributed by atoms with Crippen LogP contribution in [0.1, 0.15) is 12.5 Å². The Balaban J connectivity index is 1.07. The molecule has 0 aromatic heterocycles. The van der Waals surface area contributed by atoms with Gasteiger partial charge in [0, 0.05) is 59.3 Å². The number of nitrogens with zero attached hydrogens (tertiary/aromatic N) is 3. The van der Waals surface area contributed by atoms with Crippen molar-refractivity contribution in [2.24, 2.45) is 17.8 Å². The Bertz CT molecular complexity index is 589. The second-order valence-electron chi connectivity index (χ2n) is 8.09. The highest BCUT2D eigenvalue weighted by atomic mass is 16.5. The van der Waals surface area contributed by atoms with Crippen molar-refractivity contribution in [1.29, 1.82) is 0 Å². The lowest BCUT2D eigenvalue weighted by Crippen LogP contribution is -2.48. The number of carbonyl (C=O) groups is 1. The van der Waals surface area contributed by atoms with E-state index in [2.05, 4.69) is 40.1 Å². The molecule has 2 unspecified atom stereocenters. The van der Waals surface area contributed by atoms with E-state index in [4.69, 9.17) is 4.74 Å². The van der Waals surface area contributed by atoms with Crippen molar-refractivity contribution in [1.82, 2.24) is 14.7 Å². The molecule has 1 aromatic carbocycles. The van der Waals surface area contributed by atoms with Crippen molar-refractivity contribution >= 4 is 5.91 Å². The second-order valence-corrected chi connectivity index (χ2v) is 8.09. The summed E-state index contributed by atoms with van der Waals surface area (Å²) in [4.78, 5) is 18.3. The number of rotatable bonds is 7. The third-order valence-electron chi connectivity index (χ3n) is 6.38. The number of hydrogen-bond acceptors (Lipinski definition) is 4. The minimum atomic E-state index is 0.197. The van der Waals surface area contributed by atoms with Crippen LogP contribution >= 0.6 is 0 Å². The minimum absolute atomic E-state index is 0.197. The van der Waals surface area contributed by atoms with Gasteiger partial charge in [-0.2, -0.15) is 0 Å². The number of ether oxygens (including phenoxy) is 1. The molecule has 0 spiro atoms. The molecule has 4 rings (SSSR count). The molecule has 142 valence electrons. The van der Waals surface area contributed by atoms with Gasteiger partial charge in [-0.1, -0.05) is 30.3 Å². The summed E-state index contributed by atoms with van der Waals surface area (Å²) in [6.45, 7) is 11.7. The zero-order valence-corrected chi connectivity index (χ0v) is 15.8. The van der Waals surface area contributed by atoms with E-state index >= 15 is 0 Å². The number of amides is 1. The Kier molecular flexibility index (Phi) is 5.57. The molecule has 5 nitrogen and oxygen atoms in total. The summed E-state index contributed by atoms with van der Waals surface area (Å²) in [7, 11) is 0. The van der Waals surface area contributed by atoms with Gasteiger partial charge in [0.1, 0.15) is 0 Å². The number of likely N-dealkylation sites (tertiary alicyclic amines) is 1. The van der Waals surface area contributed by atoms with Gasteiger partial charge in [0.15, 0.2) is 0 Å². The summed E-state index contributed by atoms with van der Waals surface area (Å²) in [5.41, 5.74) is 1.42. The summed E-state index contributed by atoms with van der Waals surface area (Å²) < 4.78 is 5.98. The van der Waals surface area contributed by atoms with Gasteiger partial charge in [-0.05, 0) is 23.3 Å². The zero-order chi connectivity index (χ0) is 17.9. The van der Waals surface area contributed by atoms with E-state index in [1.54, 1.807) is 6.92 Å². The van der Waals surface area contributed by atoms with Crippen molar-refractivity contribution in [3.05, 3.63) is 35.9 Å². The Morgan fingerprint density at radius 2 is 1.73 bits per heavy atom. The van der Waals surface area contributed by atoms with Crippen molar-refractivity contribution in [3.8, 4) is 0 Å². The highest BCUT2D eigenvalue weighted by Gasteiger charge is 2.55. The lowest BCUT2D eigenvalue weighted by molar-refractivity contribution is -0.130. The molecule has 2 atom stereocenters. The lowest BCUT2D eigenvalue weighted by atomic mass is 10.2. The lowest BCUT2D eigenvalue weighted by Gasteiger charge is -2.34. The Morgan fingerprint density at radius 1 is 1.04 bits per heavy atom. The third kappa shape index (κ3) is 4.27. The first-order valence-electron chi connectivity index (χ1n) is 10.0. The summed E-state index contributed by atoms with van der Waals surface area (Å²) in [6, 6.07) is 10.8. The molecule has 0 bridgehead atoms. The fraction of sp³-hybridized carbons (Fsp3) is 0.667. The van der Waals surface area contributed by atoms with Gasteiger partial charge in [-0.3, -0.25) is 14.6 Å². The third-order valence-corrected chi connectivity index (χ3v) is 6.38. The maximum Gasteiger partial charge on any atom is 0.219 e. The van der Waals surface area contributed by atoms with E-state index in [0.717, 1.165) is 70.2 Å². The van der Waals surface area contributed by atoms with Gasteiger partial charge < -0.3 is 9.64 Å². The number of carbonyl (C=O) groups excluding carboxylic acids is 1. The highest BCUT2D eigenvalue weighted by molar-refractivity contribution is 5.73. The van der Waals surface area contributed by atoms with E-state index in [9.17, 15) is 4.79 Å². The van der Waals surface area contributed by atoms with Crippen molar-refractivity contribution in [2.75, 3.05) is 59.0 Å². The highest BCUT2D eigenvalue weighted by Crippen LogP contribution is 2.51. The van der Waals surface area contributed by atoms with Crippen LogP contribution in [0.25, 0.3) is 0 Å². The molecule has 1 aromatic rings. The maximum atomic E-state index is 11.3. The van der Waals surface area contributed by atoms with Gasteiger partial charge in [0.2, 0.25) is 5.91 Å². The largest absolute Gasteiger partial charge is 0.380 e. The van der Waals surface area contributed by atoms with Crippen molar-refractivity contribution < 1.29 is 9.53 Å². The number of piperazine rings is 1. The first-order chi connectivity index (χ1) is 12.7. The predicted octanol–water partition coefficient (Wildman–Crippen LogP) is 1.55. The van der Waals surface area contributed by atoms with Gasteiger partial charge in [-0.15, -0.1) is 0 Å². The van der Waals surface area contributed by atoms with Gasteiger partial charge in [-0.25, -0.2) is 0 Å². The molecule has 3 fully saturated rings. The van der Waals surface area contributed by atoms with E-state index < -0.39 is 0 Å². The molecule has 2 saturated heterocycles. The maximum absolute atomic E-state index is 11.3. The number of benzene rings is 1. The monoisotopic (exact) mass is 357 g/mol. The number of hydrogen-bond donors (Lipinski definition) is 0. The molecular weight excluding hydrogens is 326 g/mol. The van der Waals surface area contributed by atoms with Crippen molar-refractivity contribution in [3.63, 3.8) is 0 Å². The minimum Gasteiger partial charge on any atom is -0.380 e. The van der Waals surface area contributed by atoms with Crippen LogP contribution in [0.3, 0.4) is 0 Å². The Morgan fingerprint density at radius 3 is 2.38 bits per heavy atom. The van der Waals surface area contributed by atoms with Gasteiger partial charge in [0.25, 0.3) is 0 Å².